The Labute approximate surface area is 160 Å². The van der Waals surface area contributed by atoms with Crippen molar-refractivity contribution in [1.29, 1.82) is 0 Å². The summed E-state index contributed by atoms with van der Waals surface area (Å²) in [5, 5.41) is 0. The fraction of sp³-hybridized carbons (Fsp3) is 0.579. The van der Waals surface area contributed by atoms with Crippen LogP contribution < -0.4 is 4.90 Å². The first-order valence-corrected chi connectivity index (χ1v) is 9.55. The van der Waals surface area contributed by atoms with Gasteiger partial charge in [0.1, 0.15) is 0 Å². The van der Waals surface area contributed by atoms with Crippen molar-refractivity contribution in [3.8, 4) is 0 Å². The van der Waals surface area contributed by atoms with E-state index in [0.29, 0.717) is 18.2 Å². The molecule has 0 heterocycles. The lowest BCUT2D eigenvalue weighted by molar-refractivity contribution is -0.165. The molecule has 25 heavy (non-hydrogen) atoms. The lowest BCUT2D eigenvalue weighted by atomic mass is 9.97. The number of hydrogen-bond acceptors (Lipinski definition) is 4. The maximum atomic E-state index is 11.7. The van der Waals surface area contributed by atoms with E-state index in [9.17, 15) is 9.59 Å². The molecule has 0 saturated heterocycles. The molecule has 0 N–H and O–H groups in total. The van der Waals surface area contributed by atoms with Crippen LogP contribution in [-0.2, 0) is 20.7 Å². The zero-order valence-corrected chi connectivity index (χ0v) is 16.7. The lowest BCUT2D eigenvalue weighted by Crippen LogP contribution is -2.27. The number of carbonyl (C=O) groups excluding carboxylic acids is 2. The Morgan fingerprint density at radius 3 is 2.08 bits per heavy atom. The third kappa shape index (κ3) is 8.10. The van der Waals surface area contributed by atoms with E-state index in [0.717, 1.165) is 30.8 Å². The Morgan fingerprint density at radius 1 is 1.04 bits per heavy atom. The van der Waals surface area contributed by atoms with Crippen LogP contribution in [0.4, 0.5) is 5.69 Å². The number of alkyl halides is 2. The summed E-state index contributed by atoms with van der Waals surface area (Å²) in [6, 6.07) is 8.15. The maximum absolute atomic E-state index is 11.7. The van der Waals surface area contributed by atoms with Gasteiger partial charge in [0.05, 0.1) is 5.41 Å². The van der Waals surface area contributed by atoms with Crippen LogP contribution in [0.3, 0.4) is 0 Å². The highest BCUT2D eigenvalue weighted by atomic mass is 35.5. The van der Waals surface area contributed by atoms with Crippen molar-refractivity contribution >= 4 is 40.8 Å². The van der Waals surface area contributed by atoms with Crippen molar-refractivity contribution in [1.82, 2.24) is 0 Å². The second kappa shape index (κ2) is 10.7. The monoisotopic (exact) mass is 387 g/mol. The number of anilines is 1. The van der Waals surface area contributed by atoms with Crippen LogP contribution in [0.5, 0.6) is 0 Å². The second-order valence-corrected chi connectivity index (χ2v) is 7.65. The van der Waals surface area contributed by atoms with Crippen LogP contribution in [0.25, 0.3) is 0 Å². The Bertz CT molecular complexity index is 547. The standard InChI is InChI=1S/C19H27Cl2NO3/c1-19(2,3)18(24)25-17(23)6-4-5-15-7-9-16(10-8-15)22(13-11-20)14-12-21/h7-10H,4-6,11-14H2,1-3H3. The molecule has 0 aliphatic rings. The van der Waals surface area contributed by atoms with E-state index in [2.05, 4.69) is 4.90 Å². The minimum atomic E-state index is -0.663. The third-order valence-electron chi connectivity index (χ3n) is 3.68. The summed E-state index contributed by atoms with van der Waals surface area (Å²) in [4.78, 5) is 25.5. The molecule has 0 aliphatic carbocycles. The molecule has 0 aliphatic heterocycles. The van der Waals surface area contributed by atoms with Gasteiger partial charge in [-0.05, 0) is 51.3 Å². The smallest absolute Gasteiger partial charge is 0.318 e. The molecule has 6 heteroatoms. The Morgan fingerprint density at radius 2 is 1.60 bits per heavy atom. The molecule has 0 atom stereocenters. The van der Waals surface area contributed by atoms with Gasteiger partial charge in [-0.2, -0.15) is 0 Å². The first-order chi connectivity index (χ1) is 11.8. The van der Waals surface area contributed by atoms with E-state index in [1.54, 1.807) is 20.8 Å². The zero-order valence-electron chi connectivity index (χ0n) is 15.2. The van der Waals surface area contributed by atoms with E-state index in [1.807, 2.05) is 24.3 Å². The molecular formula is C19H27Cl2NO3. The van der Waals surface area contributed by atoms with Gasteiger partial charge in [0, 0.05) is 37.0 Å². The van der Waals surface area contributed by atoms with Gasteiger partial charge in [0.25, 0.3) is 0 Å². The Hall–Kier alpha value is -1.26. The predicted molar refractivity (Wildman–Crippen MR) is 104 cm³/mol. The molecule has 0 aromatic heterocycles. The van der Waals surface area contributed by atoms with Crippen molar-refractivity contribution in [3.63, 3.8) is 0 Å². The zero-order chi connectivity index (χ0) is 18.9. The highest BCUT2D eigenvalue weighted by Gasteiger charge is 2.25. The largest absolute Gasteiger partial charge is 0.393 e. The maximum Gasteiger partial charge on any atom is 0.318 e. The number of hydrogen-bond donors (Lipinski definition) is 0. The summed E-state index contributed by atoms with van der Waals surface area (Å²) < 4.78 is 4.85. The molecule has 0 fully saturated rings. The molecule has 0 radical (unpaired) electrons. The van der Waals surface area contributed by atoms with Crippen LogP contribution in [0.15, 0.2) is 24.3 Å². The quantitative estimate of drug-likeness (QED) is 0.357. The number of ether oxygens (including phenoxy) is 1. The second-order valence-electron chi connectivity index (χ2n) is 6.90. The van der Waals surface area contributed by atoms with Gasteiger partial charge in [-0.25, -0.2) is 0 Å². The van der Waals surface area contributed by atoms with Crippen LogP contribution in [0.1, 0.15) is 39.2 Å². The van der Waals surface area contributed by atoms with Gasteiger partial charge in [-0.3, -0.25) is 9.59 Å². The van der Waals surface area contributed by atoms with Gasteiger partial charge >= 0.3 is 11.9 Å². The Kier molecular flexibility index (Phi) is 9.30. The SMILES string of the molecule is CC(C)(C)C(=O)OC(=O)CCCc1ccc(N(CCCl)CCCl)cc1. The molecule has 1 aromatic rings. The highest BCUT2D eigenvalue weighted by molar-refractivity contribution is 6.18. The summed E-state index contributed by atoms with van der Waals surface area (Å²) in [5.74, 6) is 0.148. The van der Waals surface area contributed by atoms with Crippen LogP contribution >= 0.6 is 23.2 Å². The number of esters is 2. The van der Waals surface area contributed by atoms with E-state index in [4.69, 9.17) is 27.9 Å². The number of nitrogens with zero attached hydrogens (tertiary/aromatic N) is 1. The molecule has 0 bridgehead atoms. The average Bonchev–Trinajstić information content (AvgIpc) is 2.54. The lowest BCUT2D eigenvalue weighted by Gasteiger charge is -2.23. The first-order valence-electron chi connectivity index (χ1n) is 8.49. The van der Waals surface area contributed by atoms with Crippen molar-refractivity contribution in [2.75, 3.05) is 29.7 Å². The van der Waals surface area contributed by atoms with Gasteiger partial charge in [0.15, 0.2) is 0 Å². The number of rotatable bonds is 9. The third-order valence-corrected chi connectivity index (χ3v) is 4.01. The number of benzene rings is 1. The first kappa shape index (κ1) is 21.8. The van der Waals surface area contributed by atoms with Crippen molar-refractivity contribution in [2.45, 2.75) is 40.0 Å². The molecule has 0 amide bonds. The van der Waals surface area contributed by atoms with Gasteiger partial charge in [-0.15, -0.1) is 23.2 Å². The van der Waals surface area contributed by atoms with E-state index in [-0.39, 0.29) is 6.42 Å². The summed E-state index contributed by atoms with van der Waals surface area (Å²) in [6.45, 7) is 6.67. The number of carbonyl (C=O) groups is 2. The fourth-order valence-corrected chi connectivity index (χ4v) is 2.60. The molecule has 1 aromatic carbocycles. The van der Waals surface area contributed by atoms with Crippen molar-refractivity contribution in [2.24, 2.45) is 5.41 Å². The van der Waals surface area contributed by atoms with Gasteiger partial charge in [0.2, 0.25) is 0 Å². The molecule has 4 nitrogen and oxygen atoms in total. The molecule has 0 unspecified atom stereocenters. The summed E-state index contributed by atoms with van der Waals surface area (Å²) in [5.41, 5.74) is 1.55. The minimum absolute atomic E-state index is 0.230. The topological polar surface area (TPSA) is 46.6 Å². The van der Waals surface area contributed by atoms with Gasteiger partial charge < -0.3 is 9.64 Å². The number of halogens is 2. The van der Waals surface area contributed by atoms with Crippen LogP contribution in [0, 0.1) is 5.41 Å². The molecule has 0 spiro atoms. The normalized spacial score (nSPS) is 11.2. The minimum Gasteiger partial charge on any atom is -0.393 e. The van der Waals surface area contributed by atoms with E-state index >= 15 is 0 Å². The van der Waals surface area contributed by atoms with E-state index in [1.165, 1.54) is 0 Å². The Balaban J connectivity index is 2.45. The number of aryl methyl sites for hydroxylation is 1. The molecule has 1 rings (SSSR count). The average molecular weight is 388 g/mol. The van der Waals surface area contributed by atoms with Gasteiger partial charge in [-0.1, -0.05) is 12.1 Å². The molecule has 140 valence electrons. The summed E-state index contributed by atoms with van der Waals surface area (Å²) in [6.07, 6.45) is 1.63. The van der Waals surface area contributed by atoms with Crippen LogP contribution in [0.2, 0.25) is 0 Å². The summed E-state index contributed by atoms with van der Waals surface area (Å²) >= 11 is 11.6. The van der Waals surface area contributed by atoms with Crippen LogP contribution in [-0.4, -0.2) is 36.8 Å². The van der Waals surface area contributed by atoms with Crippen molar-refractivity contribution in [3.05, 3.63) is 29.8 Å². The molecule has 0 saturated carbocycles. The van der Waals surface area contributed by atoms with Crippen molar-refractivity contribution < 1.29 is 14.3 Å². The fourth-order valence-electron chi connectivity index (χ4n) is 2.19. The summed E-state index contributed by atoms with van der Waals surface area (Å²) in [7, 11) is 0. The van der Waals surface area contributed by atoms with E-state index < -0.39 is 17.4 Å². The highest BCUT2D eigenvalue weighted by Crippen LogP contribution is 2.18. The molecular weight excluding hydrogens is 361 g/mol. The predicted octanol–water partition coefficient (Wildman–Crippen LogP) is 4.41.